The smallest absolute Gasteiger partial charge is 0.129 e. The Morgan fingerprint density at radius 3 is 3.11 bits per heavy atom. The molecule has 1 heterocycles. The average Bonchev–Trinajstić information content (AvgIpc) is 2.55. The molecule has 1 unspecified atom stereocenters. The van der Waals surface area contributed by atoms with E-state index >= 15 is 0 Å². The molecular weight excluding hydrogens is 309 g/mol. The maximum Gasteiger partial charge on any atom is 0.129 e. The molecule has 0 bridgehead atoms. The van der Waals surface area contributed by atoms with E-state index in [9.17, 15) is 0 Å². The van der Waals surface area contributed by atoms with Crippen LogP contribution in [0.25, 0.3) is 0 Å². The minimum absolute atomic E-state index is 0.665. The molecule has 1 aliphatic heterocycles. The average molecular weight is 330 g/mol. The van der Waals surface area contributed by atoms with Gasteiger partial charge in [0.15, 0.2) is 0 Å². The number of rotatable bonds is 5. The van der Waals surface area contributed by atoms with E-state index in [0.29, 0.717) is 6.61 Å². The van der Waals surface area contributed by atoms with E-state index in [0.717, 1.165) is 29.8 Å². The number of hydrogen-bond acceptors (Lipinski definition) is 2. The summed E-state index contributed by atoms with van der Waals surface area (Å²) < 4.78 is 9.02. The van der Waals surface area contributed by atoms with Crippen LogP contribution in [0, 0.1) is 0 Å². The molecule has 0 radical (unpaired) electrons. The van der Waals surface area contributed by atoms with E-state index in [-0.39, 0.29) is 0 Å². The van der Waals surface area contributed by atoms with E-state index in [2.05, 4.69) is 42.6 Å². The summed E-state index contributed by atoms with van der Waals surface area (Å²) in [6, 6.07) is 0. The zero-order chi connectivity index (χ0) is 13.4. The molecule has 1 aliphatic rings. The van der Waals surface area contributed by atoms with E-state index < -0.39 is 0 Å². The third-order valence-corrected chi connectivity index (χ3v) is 3.86. The van der Waals surface area contributed by atoms with E-state index in [1.807, 2.05) is 19.1 Å². The van der Waals surface area contributed by atoms with E-state index in [1.54, 1.807) is 6.08 Å². The van der Waals surface area contributed by atoms with Crippen LogP contribution in [0.15, 0.2) is 46.7 Å². The topological polar surface area (TPSA) is 12.5 Å². The lowest BCUT2D eigenvalue weighted by Gasteiger charge is -2.11. The SMILES string of the molecule is C=C/C=C(Br)\C(=C/C)OCC1=CCN(P)CCC1. The highest BCUT2D eigenvalue weighted by Gasteiger charge is 2.08. The summed E-state index contributed by atoms with van der Waals surface area (Å²) in [6.45, 7) is 8.43. The fourth-order valence-electron chi connectivity index (χ4n) is 1.73. The van der Waals surface area contributed by atoms with Crippen molar-refractivity contribution in [1.82, 2.24) is 4.67 Å². The fraction of sp³-hybridized carbons (Fsp3) is 0.429. The highest BCUT2D eigenvalue weighted by molar-refractivity contribution is 9.11. The molecule has 0 amide bonds. The van der Waals surface area contributed by atoms with Gasteiger partial charge in [-0.3, -0.25) is 4.67 Å². The lowest BCUT2D eigenvalue weighted by atomic mass is 10.1. The third-order valence-electron chi connectivity index (χ3n) is 2.73. The molecule has 4 heteroatoms. The van der Waals surface area contributed by atoms with Crippen molar-refractivity contribution in [2.24, 2.45) is 0 Å². The quantitative estimate of drug-likeness (QED) is 0.324. The van der Waals surface area contributed by atoms with E-state index in [1.165, 1.54) is 12.0 Å². The highest BCUT2D eigenvalue weighted by atomic mass is 79.9. The lowest BCUT2D eigenvalue weighted by Crippen LogP contribution is -2.10. The first kappa shape index (κ1) is 15.7. The molecular formula is C14H21BrNOP. The Morgan fingerprint density at radius 1 is 1.67 bits per heavy atom. The molecule has 2 nitrogen and oxygen atoms in total. The molecule has 0 saturated carbocycles. The van der Waals surface area contributed by atoms with Crippen molar-refractivity contribution in [2.45, 2.75) is 19.8 Å². The van der Waals surface area contributed by atoms with Crippen LogP contribution in [0.1, 0.15) is 19.8 Å². The van der Waals surface area contributed by atoms with Crippen molar-refractivity contribution >= 4 is 25.3 Å². The predicted octanol–water partition coefficient (Wildman–Crippen LogP) is 4.18. The van der Waals surface area contributed by atoms with Crippen molar-refractivity contribution < 1.29 is 4.74 Å². The van der Waals surface area contributed by atoms with Gasteiger partial charge in [-0.05, 0) is 53.4 Å². The van der Waals surface area contributed by atoms with Crippen LogP contribution in [-0.4, -0.2) is 24.4 Å². The number of hydrogen-bond donors (Lipinski definition) is 0. The number of allylic oxidation sites excluding steroid dienone is 4. The first-order chi connectivity index (χ1) is 8.67. The Hall–Kier alpha value is -0.370. The molecule has 1 atom stereocenters. The summed E-state index contributed by atoms with van der Waals surface area (Å²) in [5.74, 6) is 0.864. The molecule has 0 aromatic heterocycles. The van der Waals surface area contributed by atoms with Gasteiger partial charge in [-0.25, -0.2) is 0 Å². The van der Waals surface area contributed by atoms with Crippen LogP contribution in [-0.2, 0) is 4.74 Å². The Morgan fingerprint density at radius 2 is 2.44 bits per heavy atom. The van der Waals surface area contributed by atoms with Gasteiger partial charge in [0.1, 0.15) is 12.4 Å². The molecule has 0 aromatic carbocycles. The number of ether oxygens (including phenoxy) is 1. The maximum absolute atomic E-state index is 5.84. The second-order valence-electron chi connectivity index (χ2n) is 4.15. The highest BCUT2D eigenvalue weighted by Crippen LogP contribution is 2.21. The fourth-order valence-corrected chi connectivity index (χ4v) is 2.54. The summed E-state index contributed by atoms with van der Waals surface area (Å²) in [5, 5.41) is 0. The lowest BCUT2D eigenvalue weighted by molar-refractivity contribution is 0.248. The van der Waals surface area contributed by atoms with Crippen molar-refractivity contribution in [3.63, 3.8) is 0 Å². The molecule has 0 aliphatic carbocycles. The molecule has 100 valence electrons. The molecule has 0 aromatic rings. The van der Waals surface area contributed by atoms with Crippen LogP contribution >= 0.6 is 25.3 Å². The van der Waals surface area contributed by atoms with Crippen molar-refractivity contribution in [3.8, 4) is 0 Å². The summed E-state index contributed by atoms with van der Waals surface area (Å²) in [6.07, 6.45) is 10.2. The molecule has 18 heavy (non-hydrogen) atoms. The van der Waals surface area contributed by atoms with Gasteiger partial charge in [-0.1, -0.05) is 28.1 Å². The van der Waals surface area contributed by atoms with Crippen molar-refractivity contribution in [3.05, 3.63) is 46.7 Å². The molecule has 1 rings (SSSR count). The summed E-state index contributed by atoms with van der Waals surface area (Å²) >= 11 is 3.48. The van der Waals surface area contributed by atoms with Gasteiger partial charge in [0, 0.05) is 13.1 Å². The Bertz CT molecular complexity index is 374. The standard InChI is InChI=1S/C14H21BrNOP/c1-3-6-13(15)14(4-2)17-11-12-7-5-9-16(18)10-8-12/h3-4,6,8H,1,5,7,9-11,18H2,2H3/b13-6+,14-4+. The van der Waals surface area contributed by atoms with Crippen molar-refractivity contribution in [2.75, 3.05) is 19.7 Å². The number of halogens is 1. The second-order valence-corrected chi connectivity index (χ2v) is 5.74. The van der Waals surface area contributed by atoms with Crippen LogP contribution in [0.4, 0.5) is 0 Å². The summed E-state index contributed by atoms with van der Waals surface area (Å²) in [5.41, 5.74) is 1.37. The zero-order valence-corrected chi connectivity index (χ0v) is 13.6. The zero-order valence-electron chi connectivity index (χ0n) is 10.9. The third kappa shape index (κ3) is 5.51. The first-order valence-electron chi connectivity index (χ1n) is 6.12. The molecule has 0 N–H and O–H groups in total. The van der Waals surface area contributed by atoms with Gasteiger partial charge in [0.2, 0.25) is 0 Å². The van der Waals surface area contributed by atoms with Gasteiger partial charge >= 0.3 is 0 Å². The number of nitrogens with zero attached hydrogens (tertiary/aromatic N) is 1. The molecule has 0 fully saturated rings. The van der Waals surface area contributed by atoms with Crippen LogP contribution in [0.3, 0.4) is 0 Å². The predicted molar refractivity (Wildman–Crippen MR) is 85.5 cm³/mol. The Balaban J connectivity index is 2.53. The Labute approximate surface area is 121 Å². The largest absolute Gasteiger partial charge is 0.488 e. The van der Waals surface area contributed by atoms with Gasteiger partial charge in [-0.2, -0.15) is 0 Å². The first-order valence-corrected chi connectivity index (χ1v) is 7.43. The molecule has 0 saturated heterocycles. The minimum Gasteiger partial charge on any atom is -0.488 e. The van der Waals surface area contributed by atoms with Gasteiger partial charge < -0.3 is 4.74 Å². The monoisotopic (exact) mass is 329 g/mol. The van der Waals surface area contributed by atoms with Crippen LogP contribution < -0.4 is 0 Å². The molecule has 0 spiro atoms. The second kappa shape index (κ2) is 8.68. The van der Waals surface area contributed by atoms with Gasteiger partial charge in [0.25, 0.3) is 0 Å². The van der Waals surface area contributed by atoms with Gasteiger partial charge in [0.05, 0.1) is 4.48 Å². The normalized spacial score (nSPS) is 19.2. The van der Waals surface area contributed by atoms with Gasteiger partial charge in [-0.15, -0.1) is 0 Å². The summed E-state index contributed by atoms with van der Waals surface area (Å²) in [7, 11) is 2.76. The Kier molecular flexibility index (Phi) is 7.57. The van der Waals surface area contributed by atoms with E-state index in [4.69, 9.17) is 4.74 Å². The van der Waals surface area contributed by atoms with Crippen molar-refractivity contribution in [1.29, 1.82) is 0 Å². The minimum atomic E-state index is 0.665. The summed E-state index contributed by atoms with van der Waals surface area (Å²) in [4.78, 5) is 0. The van der Waals surface area contributed by atoms with Crippen LogP contribution in [0.5, 0.6) is 0 Å². The van der Waals surface area contributed by atoms with Crippen LogP contribution in [0.2, 0.25) is 0 Å². The maximum atomic E-state index is 5.84.